The SMILES string of the molecule is CN(C)C(C(=O)N1CCC(N2CCNCC2)C1)c1cccc(Cl)c1.Cl.Cl. The van der Waals surface area contributed by atoms with Crippen LogP contribution in [-0.4, -0.2) is 80.0 Å². The molecular formula is C18H29Cl3N4O. The Labute approximate surface area is 173 Å². The normalized spacial score (nSPS) is 21.8. The largest absolute Gasteiger partial charge is 0.339 e. The van der Waals surface area contributed by atoms with Gasteiger partial charge in [-0.2, -0.15) is 0 Å². The average molecular weight is 424 g/mol. The highest BCUT2D eigenvalue weighted by molar-refractivity contribution is 6.30. The highest BCUT2D eigenvalue weighted by atomic mass is 35.5. The van der Waals surface area contributed by atoms with E-state index in [0.29, 0.717) is 11.1 Å². The van der Waals surface area contributed by atoms with Crippen LogP contribution < -0.4 is 5.32 Å². The number of nitrogens with one attached hydrogen (secondary N) is 1. The molecule has 2 atom stereocenters. The van der Waals surface area contributed by atoms with Crippen LogP contribution in [0.2, 0.25) is 5.02 Å². The molecule has 0 spiro atoms. The first-order valence-electron chi connectivity index (χ1n) is 8.71. The maximum atomic E-state index is 13.1. The summed E-state index contributed by atoms with van der Waals surface area (Å²) in [5.74, 6) is 0.180. The van der Waals surface area contributed by atoms with E-state index in [2.05, 4.69) is 10.2 Å². The molecule has 2 aliphatic rings. The van der Waals surface area contributed by atoms with Gasteiger partial charge in [-0.1, -0.05) is 23.7 Å². The van der Waals surface area contributed by atoms with Gasteiger partial charge in [0.25, 0.3) is 0 Å². The standard InChI is InChI=1S/C18H27ClN4O.2ClH/c1-21(2)17(14-4-3-5-15(19)12-14)18(24)23-9-6-16(13-23)22-10-7-20-8-11-22;;/h3-5,12,16-17,20H,6-11,13H2,1-2H3;2*1H. The van der Waals surface area contributed by atoms with Crippen LogP contribution in [0.3, 0.4) is 0 Å². The van der Waals surface area contributed by atoms with Gasteiger partial charge in [-0.15, -0.1) is 24.8 Å². The van der Waals surface area contributed by atoms with Crippen molar-refractivity contribution in [3.8, 4) is 0 Å². The molecule has 0 aliphatic carbocycles. The number of hydrogen-bond acceptors (Lipinski definition) is 4. The first-order chi connectivity index (χ1) is 11.6. The first kappa shape index (κ1) is 23.5. The molecule has 0 bridgehead atoms. The van der Waals surface area contributed by atoms with Crippen molar-refractivity contribution in [1.82, 2.24) is 20.0 Å². The molecule has 148 valence electrons. The maximum Gasteiger partial charge on any atom is 0.244 e. The van der Waals surface area contributed by atoms with Crippen molar-refractivity contribution in [3.63, 3.8) is 0 Å². The molecule has 1 aromatic carbocycles. The number of benzene rings is 1. The van der Waals surface area contributed by atoms with Crippen LogP contribution in [0.1, 0.15) is 18.0 Å². The molecule has 2 aliphatic heterocycles. The summed E-state index contributed by atoms with van der Waals surface area (Å²) in [7, 11) is 3.90. The second-order valence-corrected chi connectivity index (χ2v) is 7.37. The van der Waals surface area contributed by atoms with Crippen LogP contribution in [0.15, 0.2) is 24.3 Å². The quantitative estimate of drug-likeness (QED) is 0.806. The third-order valence-electron chi connectivity index (χ3n) is 5.06. The Morgan fingerprint density at radius 2 is 1.92 bits per heavy atom. The molecule has 26 heavy (non-hydrogen) atoms. The summed E-state index contributed by atoms with van der Waals surface area (Å²) >= 11 is 6.13. The lowest BCUT2D eigenvalue weighted by Gasteiger charge is -2.33. The van der Waals surface area contributed by atoms with Gasteiger partial charge in [0.1, 0.15) is 6.04 Å². The molecular weight excluding hydrogens is 395 g/mol. The highest BCUT2D eigenvalue weighted by Gasteiger charge is 2.35. The number of halogens is 3. The number of rotatable bonds is 4. The lowest BCUT2D eigenvalue weighted by atomic mass is 10.0. The second-order valence-electron chi connectivity index (χ2n) is 6.93. The molecule has 8 heteroatoms. The molecule has 2 unspecified atom stereocenters. The highest BCUT2D eigenvalue weighted by Crippen LogP contribution is 2.26. The fourth-order valence-corrected chi connectivity index (χ4v) is 4.00. The van der Waals surface area contributed by atoms with E-state index in [1.807, 2.05) is 48.2 Å². The van der Waals surface area contributed by atoms with Crippen LogP contribution in [0.5, 0.6) is 0 Å². The number of likely N-dealkylation sites (N-methyl/N-ethyl adjacent to an activating group) is 1. The molecule has 1 aromatic rings. The van der Waals surface area contributed by atoms with E-state index in [4.69, 9.17) is 11.6 Å². The van der Waals surface area contributed by atoms with E-state index in [9.17, 15) is 4.79 Å². The number of carbonyl (C=O) groups is 1. The summed E-state index contributed by atoms with van der Waals surface area (Å²) in [5, 5.41) is 4.06. The molecule has 1 amide bonds. The Morgan fingerprint density at radius 1 is 1.23 bits per heavy atom. The zero-order valence-corrected chi connectivity index (χ0v) is 17.7. The van der Waals surface area contributed by atoms with Crippen molar-refractivity contribution in [1.29, 1.82) is 0 Å². The van der Waals surface area contributed by atoms with Gasteiger partial charge in [0.05, 0.1) is 0 Å². The summed E-state index contributed by atoms with van der Waals surface area (Å²) in [6, 6.07) is 7.86. The monoisotopic (exact) mass is 422 g/mol. The maximum absolute atomic E-state index is 13.1. The fourth-order valence-electron chi connectivity index (χ4n) is 3.80. The Kier molecular flexibility index (Phi) is 9.65. The van der Waals surface area contributed by atoms with E-state index in [1.165, 1.54) is 0 Å². The number of piperazine rings is 1. The van der Waals surface area contributed by atoms with Crippen LogP contribution in [0.4, 0.5) is 0 Å². The van der Waals surface area contributed by atoms with E-state index in [0.717, 1.165) is 51.3 Å². The van der Waals surface area contributed by atoms with E-state index in [-0.39, 0.29) is 36.8 Å². The predicted molar refractivity (Wildman–Crippen MR) is 112 cm³/mol. The van der Waals surface area contributed by atoms with Crippen LogP contribution in [0, 0.1) is 0 Å². The average Bonchev–Trinajstić information content (AvgIpc) is 3.05. The van der Waals surface area contributed by atoms with E-state index < -0.39 is 0 Å². The van der Waals surface area contributed by atoms with Crippen LogP contribution in [-0.2, 0) is 4.79 Å². The Morgan fingerprint density at radius 3 is 2.54 bits per heavy atom. The van der Waals surface area contributed by atoms with Gasteiger partial charge in [-0.05, 0) is 38.2 Å². The summed E-state index contributed by atoms with van der Waals surface area (Å²) in [5.41, 5.74) is 0.961. The van der Waals surface area contributed by atoms with Crippen molar-refractivity contribution in [2.75, 3.05) is 53.4 Å². The van der Waals surface area contributed by atoms with Gasteiger partial charge >= 0.3 is 0 Å². The smallest absolute Gasteiger partial charge is 0.244 e. The number of hydrogen-bond donors (Lipinski definition) is 1. The van der Waals surface area contributed by atoms with E-state index >= 15 is 0 Å². The Balaban J connectivity index is 0.00000169. The third-order valence-corrected chi connectivity index (χ3v) is 5.29. The lowest BCUT2D eigenvalue weighted by Crippen LogP contribution is -2.49. The summed E-state index contributed by atoms with van der Waals surface area (Å²) in [6.45, 7) is 5.94. The summed E-state index contributed by atoms with van der Waals surface area (Å²) in [6.07, 6.45) is 1.07. The molecule has 0 aromatic heterocycles. The molecule has 2 heterocycles. The van der Waals surface area contributed by atoms with Gasteiger partial charge < -0.3 is 10.2 Å². The minimum atomic E-state index is -0.273. The number of likely N-dealkylation sites (tertiary alicyclic amines) is 1. The lowest BCUT2D eigenvalue weighted by molar-refractivity contribution is -0.135. The molecule has 2 fully saturated rings. The van der Waals surface area contributed by atoms with Gasteiger partial charge in [0.2, 0.25) is 5.91 Å². The zero-order chi connectivity index (χ0) is 17.1. The Hall–Kier alpha value is -0.560. The summed E-state index contributed by atoms with van der Waals surface area (Å²) < 4.78 is 0. The van der Waals surface area contributed by atoms with Crippen LogP contribution in [0.25, 0.3) is 0 Å². The zero-order valence-electron chi connectivity index (χ0n) is 15.4. The second kappa shape index (κ2) is 10.7. The van der Waals surface area contributed by atoms with Gasteiger partial charge in [0, 0.05) is 50.3 Å². The first-order valence-corrected chi connectivity index (χ1v) is 9.09. The van der Waals surface area contributed by atoms with Crippen LogP contribution >= 0.6 is 36.4 Å². The molecule has 5 nitrogen and oxygen atoms in total. The minimum absolute atomic E-state index is 0. The van der Waals surface area contributed by atoms with Crippen molar-refractivity contribution < 1.29 is 4.79 Å². The van der Waals surface area contributed by atoms with Crippen molar-refractivity contribution in [2.24, 2.45) is 0 Å². The number of nitrogens with zero attached hydrogens (tertiary/aromatic N) is 3. The number of carbonyl (C=O) groups excluding carboxylic acids is 1. The Bertz CT molecular complexity index is 581. The minimum Gasteiger partial charge on any atom is -0.339 e. The molecule has 0 radical (unpaired) electrons. The van der Waals surface area contributed by atoms with E-state index in [1.54, 1.807) is 0 Å². The van der Waals surface area contributed by atoms with Gasteiger partial charge in [-0.25, -0.2) is 0 Å². The summed E-state index contributed by atoms with van der Waals surface area (Å²) in [4.78, 5) is 19.7. The van der Waals surface area contributed by atoms with Gasteiger partial charge in [0.15, 0.2) is 0 Å². The topological polar surface area (TPSA) is 38.8 Å². The number of amides is 1. The molecule has 1 N–H and O–H groups in total. The third kappa shape index (κ3) is 5.47. The molecule has 3 rings (SSSR count). The van der Waals surface area contributed by atoms with Crippen molar-refractivity contribution >= 4 is 42.3 Å². The fraction of sp³-hybridized carbons (Fsp3) is 0.611. The molecule has 2 saturated heterocycles. The van der Waals surface area contributed by atoms with Crippen molar-refractivity contribution in [2.45, 2.75) is 18.5 Å². The molecule has 0 saturated carbocycles. The van der Waals surface area contributed by atoms with Crippen molar-refractivity contribution in [3.05, 3.63) is 34.9 Å². The predicted octanol–water partition coefficient (Wildman–Crippen LogP) is 2.29. The van der Waals surface area contributed by atoms with Gasteiger partial charge in [-0.3, -0.25) is 14.6 Å².